The number of hydrogen-bond donors (Lipinski definition) is 3. The molecule has 114 valence electrons. The average molecular weight is 298 g/mol. The standard InChI is InChI=1S/C16H18N4O2/c1-2-22-15(21)13-10-6-7-11-14(13)19-16(20-17)18-12-8-4-3-5-9-12/h3-11H,2,17H2,1H3,(H2,18,19,20). The Kier molecular flexibility index (Phi) is 5.50. The van der Waals surface area contributed by atoms with E-state index in [1.165, 1.54) is 0 Å². The van der Waals surface area contributed by atoms with Crippen LogP contribution >= 0.6 is 0 Å². The van der Waals surface area contributed by atoms with Gasteiger partial charge in [0.2, 0.25) is 5.96 Å². The van der Waals surface area contributed by atoms with Crippen molar-refractivity contribution in [1.29, 1.82) is 0 Å². The average Bonchev–Trinajstić information content (AvgIpc) is 2.56. The monoisotopic (exact) mass is 298 g/mol. The van der Waals surface area contributed by atoms with Crippen LogP contribution in [0.3, 0.4) is 0 Å². The van der Waals surface area contributed by atoms with Gasteiger partial charge in [-0.1, -0.05) is 30.3 Å². The van der Waals surface area contributed by atoms with Gasteiger partial charge in [0, 0.05) is 5.69 Å². The van der Waals surface area contributed by atoms with E-state index in [-0.39, 0.29) is 0 Å². The maximum absolute atomic E-state index is 11.9. The first-order valence-electron chi connectivity index (χ1n) is 6.88. The molecule has 0 aliphatic rings. The molecule has 2 aromatic rings. The van der Waals surface area contributed by atoms with E-state index < -0.39 is 5.97 Å². The van der Waals surface area contributed by atoms with Crippen LogP contribution < -0.4 is 16.6 Å². The summed E-state index contributed by atoms with van der Waals surface area (Å²) in [6, 6.07) is 16.4. The maximum atomic E-state index is 11.9. The minimum atomic E-state index is -0.419. The largest absolute Gasteiger partial charge is 0.462 e. The van der Waals surface area contributed by atoms with Gasteiger partial charge in [0.25, 0.3) is 0 Å². The Bertz CT molecular complexity index is 656. The van der Waals surface area contributed by atoms with E-state index in [9.17, 15) is 4.79 Å². The summed E-state index contributed by atoms with van der Waals surface area (Å²) in [5.74, 6) is 5.40. The van der Waals surface area contributed by atoms with Gasteiger partial charge in [-0.15, -0.1) is 0 Å². The van der Waals surface area contributed by atoms with Gasteiger partial charge in [0.05, 0.1) is 17.9 Å². The summed E-state index contributed by atoms with van der Waals surface area (Å²) in [4.78, 5) is 16.3. The van der Waals surface area contributed by atoms with Gasteiger partial charge in [0.1, 0.15) is 0 Å². The quantitative estimate of drug-likeness (QED) is 0.265. The fraction of sp³-hybridized carbons (Fsp3) is 0.125. The molecule has 0 saturated heterocycles. The molecule has 0 unspecified atom stereocenters. The van der Waals surface area contributed by atoms with Gasteiger partial charge in [-0.3, -0.25) is 5.43 Å². The van der Waals surface area contributed by atoms with Crippen molar-refractivity contribution in [3.8, 4) is 0 Å². The highest BCUT2D eigenvalue weighted by molar-refractivity contribution is 5.99. The van der Waals surface area contributed by atoms with Crippen LogP contribution in [-0.4, -0.2) is 18.5 Å². The zero-order chi connectivity index (χ0) is 15.8. The number of para-hydroxylation sites is 2. The van der Waals surface area contributed by atoms with E-state index in [0.29, 0.717) is 23.8 Å². The van der Waals surface area contributed by atoms with Crippen molar-refractivity contribution >= 4 is 23.3 Å². The first-order chi connectivity index (χ1) is 10.7. The minimum absolute atomic E-state index is 0.307. The summed E-state index contributed by atoms with van der Waals surface area (Å²) < 4.78 is 5.02. The number of rotatable bonds is 4. The Balaban J connectivity index is 2.28. The fourth-order valence-corrected chi connectivity index (χ4v) is 1.83. The Hall–Kier alpha value is -2.86. The van der Waals surface area contributed by atoms with Gasteiger partial charge in [-0.2, -0.15) is 0 Å². The van der Waals surface area contributed by atoms with Crippen molar-refractivity contribution in [2.24, 2.45) is 10.8 Å². The summed E-state index contributed by atoms with van der Waals surface area (Å²) in [6.07, 6.45) is 0. The Labute approximate surface area is 129 Å². The molecule has 22 heavy (non-hydrogen) atoms. The number of nitrogens with two attached hydrogens (primary N) is 1. The third-order valence-electron chi connectivity index (χ3n) is 2.80. The van der Waals surface area contributed by atoms with E-state index in [2.05, 4.69) is 15.7 Å². The molecular weight excluding hydrogens is 280 g/mol. The predicted octanol–water partition coefficient (Wildman–Crippen LogP) is 2.43. The molecule has 0 amide bonds. The van der Waals surface area contributed by atoms with Crippen molar-refractivity contribution in [1.82, 2.24) is 5.43 Å². The summed E-state index contributed by atoms with van der Waals surface area (Å²) in [6.45, 7) is 2.06. The molecule has 0 bridgehead atoms. The van der Waals surface area contributed by atoms with Crippen LogP contribution in [0.1, 0.15) is 17.3 Å². The molecule has 6 nitrogen and oxygen atoms in total. The van der Waals surface area contributed by atoms with Crippen LogP contribution in [-0.2, 0) is 4.74 Å². The van der Waals surface area contributed by atoms with Crippen LogP contribution in [0.2, 0.25) is 0 Å². The molecule has 0 aliphatic carbocycles. The van der Waals surface area contributed by atoms with Crippen LogP contribution in [0, 0.1) is 0 Å². The fourth-order valence-electron chi connectivity index (χ4n) is 1.83. The minimum Gasteiger partial charge on any atom is -0.462 e. The summed E-state index contributed by atoms with van der Waals surface area (Å²) in [5, 5.41) is 3.04. The molecule has 0 atom stereocenters. The van der Waals surface area contributed by atoms with Crippen LogP contribution in [0.4, 0.5) is 11.4 Å². The van der Waals surface area contributed by atoms with Crippen LogP contribution in [0.25, 0.3) is 0 Å². The lowest BCUT2D eigenvalue weighted by Gasteiger charge is -2.10. The molecule has 2 rings (SSSR count). The number of nitrogens with one attached hydrogen (secondary N) is 2. The summed E-state index contributed by atoms with van der Waals surface area (Å²) >= 11 is 0. The van der Waals surface area contributed by atoms with Gasteiger partial charge in [-0.25, -0.2) is 15.6 Å². The van der Waals surface area contributed by atoms with Crippen LogP contribution in [0.15, 0.2) is 59.6 Å². The highest BCUT2D eigenvalue weighted by Gasteiger charge is 2.12. The molecule has 6 heteroatoms. The smallest absolute Gasteiger partial charge is 0.340 e. The lowest BCUT2D eigenvalue weighted by Crippen LogP contribution is -2.36. The van der Waals surface area contributed by atoms with Crippen molar-refractivity contribution < 1.29 is 9.53 Å². The number of aliphatic imine (C=N–C) groups is 1. The molecule has 0 saturated carbocycles. The first kappa shape index (κ1) is 15.5. The highest BCUT2D eigenvalue weighted by Crippen LogP contribution is 2.20. The van der Waals surface area contributed by atoms with E-state index in [0.717, 1.165) is 5.69 Å². The predicted molar refractivity (Wildman–Crippen MR) is 86.9 cm³/mol. The summed E-state index contributed by atoms with van der Waals surface area (Å²) in [5.41, 5.74) is 4.16. The molecule has 2 aromatic carbocycles. The van der Waals surface area contributed by atoms with Crippen molar-refractivity contribution in [3.05, 3.63) is 60.2 Å². The number of guanidine groups is 1. The number of ether oxygens (including phenoxy) is 1. The topological polar surface area (TPSA) is 88.7 Å². The third-order valence-corrected chi connectivity index (χ3v) is 2.80. The SMILES string of the molecule is CCOC(=O)c1ccccc1N=C(NN)Nc1ccccc1. The molecule has 0 heterocycles. The molecule has 0 spiro atoms. The maximum Gasteiger partial charge on any atom is 0.340 e. The van der Waals surface area contributed by atoms with Gasteiger partial charge in [0.15, 0.2) is 0 Å². The Morgan fingerprint density at radius 3 is 2.50 bits per heavy atom. The van der Waals surface area contributed by atoms with Crippen molar-refractivity contribution in [2.45, 2.75) is 6.92 Å². The number of anilines is 1. The van der Waals surface area contributed by atoms with Gasteiger partial charge >= 0.3 is 5.97 Å². The number of carbonyl (C=O) groups excluding carboxylic acids is 1. The van der Waals surface area contributed by atoms with E-state index in [1.54, 1.807) is 31.2 Å². The first-order valence-corrected chi connectivity index (χ1v) is 6.88. The zero-order valence-electron chi connectivity index (χ0n) is 12.2. The van der Waals surface area contributed by atoms with Gasteiger partial charge < -0.3 is 10.1 Å². The van der Waals surface area contributed by atoms with Crippen LogP contribution in [0.5, 0.6) is 0 Å². The Morgan fingerprint density at radius 1 is 1.14 bits per heavy atom. The molecule has 0 fully saturated rings. The van der Waals surface area contributed by atoms with E-state index in [1.807, 2.05) is 30.3 Å². The van der Waals surface area contributed by atoms with E-state index >= 15 is 0 Å². The molecular formula is C16H18N4O2. The van der Waals surface area contributed by atoms with Gasteiger partial charge in [-0.05, 0) is 31.2 Å². The molecule has 0 aliphatic heterocycles. The number of nitrogens with zero attached hydrogens (tertiary/aromatic N) is 1. The number of hydrogen-bond acceptors (Lipinski definition) is 4. The van der Waals surface area contributed by atoms with Crippen molar-refractivity contribution in [3.63, 3.8) is 0 Å². The number of benzene rings is 2. The van der Waals surface area contributed by atoms with Crippen molar-refractivity contribution in [2.75, 3.05) is 11.9 Å². The number of hydrazine groups is 1. The third kappa shape index (κ3) is 4.07. The molecule has 0 aromatic heterocycles. The number of carbonyl (C=O) groups is 1. The second-order valence-corrected chi connectivity index (χ2v) is 4.33. The van der Waals surface area contributed by atoms with E-state index in [4.69, 9.17) is 10.6 Å². The lowest BCUT2D eigenvalue weighted by atomic mass is 10.2. The normalized spacial score (nSPS) is 10.9. The molecule has 0 radical (unpaired) electrons. The number of esters is 1. The second kappa shape index (κ2) is 7.80. The second-order valence-electron chi connectivity index (χ2n) is 4.33. The Morgan fingerprint density at radius 2 is 1.82 bits per heavy atom. The molecule has 4 N–H and O–H groups in total. The highest BCUT2D eigenvalue weighted by atomic mass is 16.5. The zero-order valence-corrected chi connectivity index (χ0v) is 12.2. The lowest BCUT2D eigenvalue weighted by molar-refractivity contribution is 0.0527. The summed E-state index contributed by atoms with van der Waals surface area (Å²) in [7, 11) is 0.